The first-order chi connectivity index (χ1) is 55.9. The molecular weight excluding hydrogens is 1560 g/mol. The molecule has 8 unspecified atom stereocenters. The van der Waals surface area contributed by atoms with E-state index >= 15 is 0 Å². The maximum absolute atomic E-state index is 14.5. The Hall–Kier alpha value is -9.74. The van der Waals surface area contributed by atoms with Gasteiger partial charge < -0.3 is 72.0 Å². The molecule has 0 spiro atoms. The molecule has 6 aliphatic heterocycles. The lowest BCUT2D eigenvalue weighted by Gasteiger charge is -2.35. The van der Waals surface area contributed by atoms with Crippen LogP contribution in [0.4, 0.5) is 0 Å². The first-order valence-electron chi connectivity index (χ1n) is 41.0. The van der Waals surface area contributed by atoms with Crippen LogP contribution in [0.25, 0.3) is 0 Å². The van der Waals surface area contributed by atoms with Gasteiger partial charge in [-0.15, -0.1) is 0 Å². The van der Waals surface area contributed by atoms with Gasteiger partial charge in [-0.05, 0) is 164 Å². The number of carbonyl (C=O) groups excluding carboxylic acids is 12. The summed E-state index contributed by atoms with van der Waals surface area (Å²) in [5.74, 6) is -8.29. The van der Waals surface area contributed by atoms with Crippen molar-refractivity contribution in [2.24, 2.45) is 11.8 Å². The van der Waals surface area contributed by atoms with Crippen LogP contribution in [0.1, 0.15) is 205 Å². The minimum atomic E-state index is -4.07. The predicted molar refractivity (Wildman–Crippen MR) is 433 cm³/mol. The molecule has 4 aromatic rings. The molecule has 2 aliphatic carbocycles. The Balaban J connectivity index is 0.000000269. The van der Waals surface area contributed by atoms with Crippen molar-refractivity contribution in [2.75, 3.05) is 26.2 Å². The molecule has 10 amide bonds. The van der Waals surface area contributed by atoms with E-state index in [9.17, 15) is 84.6 Å². The number of esters is 2. The maximum Gasteiger partial charge on any atom is 0.333 e. The van der Waals surface area contributed by atoms with Crippen LogP contribution in [0.3, 0.4) is 0 Å². The number of hydrogen-bond donors (Lipinski definition) is 12. The van der Waals surface area contributed by atoms with Gasteiger partial charge in [-0.3, -0.25) is 47.9 Å². The van der Waals surface area contributed by atoms with Crippen molar-refractivity contribution >= 4 is 91.1 Å². The van der Waals surface area contributed by atoms with Crippen molar-refractivity contribution in [3.05, 3.63) is 131 Å². The molecule has 6 heterocycles. The summed E-state index contributed by atoms with van der Waals surface area (Å²) >= 11 is 0. The molecule has 2 saturated carbocycles. The van der Waals surface area contributed by atoms with E-state index in [4.69, 9.17) is 9.47 Å². The first kappa shape index (κ1) is 92.1. The third-order valence-corrected chi connectivity index (χ3v) is 24.8. The van der Waals surface area contributed by atoms with Crippen molar-refractivity contribution in [2.45, 2.75) is 277 Å². The highest BCUT2D eigenvalue weighted by Crippen LogP contribution is 2.34. The lowest BCUT2D eigenvalue weighted by Crippen LogP contribution is -2.58. The second-order valence-corrected chi connectivity index (χ2v) is 36.7. The Morgan fingerprint density at radius 2 is 0.814 bits per heavy atom. The van der Waals surface area contributed by atoms with Gasteiger partial charge in [0.1, 0.15) is 35.4 Å². The van der Waals surface area contributed by atoms with Gasteiger partial charge in [0.25, 0.3) is 11.8 Å². The molecule has 34 heteroatoms. The van der Waals surface area contributed by atoms with Gasteiger partial charge in [0.15, 0.2) is 24.3 Å². The first-order valence-corrected chi connectivity index (χ1v) is 44.0. The van der Waals surface area contributed by atoms with E-state index in [-0.39, 0.29) is 85.1 Å². The van der Waals surface area contributed by atoms with Crippen LogP contribution in [0.2, 0.25) is 0 Å². The molecule has 32 nitrogen and oxygen atoms in total. The molecule has 0 radical (unpaired) electrons. The molecule has 12 rings (SSSR count). The number of hydrogen-bond acceptors (Lipinski definition) is 20. The zero-order valence-electron chi connectivity index (χ0n) is 68.4. The molecule has 8 aliphatic rings. The monoisotopic (exact) mass is 1680 g/mol. The Kier molecular flexibility index (Phi) is 32.6. The molecule has 644 valence electrons. The van der Waals surface area contributed by atoms with Gasteiger partial charge in [0, 0.05) is 38.0 Å². The summed E-state index contributed by atoms with van der Waals surface area (Å²) < 4.78 is 70.3. The standard InChI is InChI=1S/2C42H58N6O10S/c2*1-5-12-31(37(51)39(53)43-24-34(50)46-36(28-15-10-7-11-16-28)41(55)58-42(2,3)4)44-38(52)32-23-29-25-48(32)40(54)35(27-13-8-6-9-14-27)45-33(49)22-19-26-17-20-30(21-18-26)59(56,57)47-29/h2*7,10-11,15-18,20-21,27,29,31-32,35-37,47,51H,5-6,8-9,12-14,19,22-25H2,1-4H3,(H,43,53)(H,44,52)(H,45,49)(H,46,50)/t2*29-,31?,32?,35?,36+,37?/m11/s1. The molecule has 12 atom stereocenters. The van der Waals surface area contributed by atoms with Crippen molar-refractivity contribution in [3.8, 4) is 0 Å². The third kappa shape index (κ3) is 26.1. The molecule has 8 bridgehead atoms. The third-order valence-electron chi connectivity index (χ3n) is 21.7. The average molecular weight is 1680 g/mol. The summed E-state index contributed by atoms with van der Waals surface area (Å²) in [5, 5.41) is 43.7. The number of ether oxygens (including phenoxy) is 2. The molecule has 2 saturated heterocycles. The van der Waals surface area contributed by atoms with Crippen LogP contribution < -0.4 is 52.0 Å². The van der Waals surface area contributed by atoms with Gasteiger partial charge >= 0.3 is 11.9 Å². The summed E-state index contributed by atoms with van der Waals surface area (Å²) in [6, 6.07) is 18.6. The Bertz CT molecular complexity index is 4140. The number of fused-ring (bicyclic) bond motifs is 16. The van der Waals surface area contributed by atoms with Crippen LogP contribution in [0.15, 0.2) is 119 Å². The number of rotatable bonds is 24. The van der Waals surface area contributed by atoms with Crippen molar-refractivity contribution in [3.63, 3.8) is 0 Å². The zero-order chi connectivity index (χ0) is 85.8. The number of carbonyl (C=O) groups is 12. The van der Waals surface area contributed by atoms with Gasteiger partial charge in [-0.1, -0.05) is 150 Å². The smallest absolute Gasteiger partial charge is 0.333 e. The molecule has 0 aromatic heterocycles. The van der Waals surface area contributed by atoms with E-state index in [2.05, 4.69) is 52.0 Å². The number of benzene rings is 4. The normalized spacial score (nSPS) is 22.8. The SMILES string of the molecule is CCCC(NC(=O)C1C[C@@H]2CN1C(=O)C(C1CCCCC1)NC(=O)CCc1ccc(cc1)S(=O)(=O)N2)C(O)C(=O)NCC(=O)N[C@H](C(=O)OC(C)(C)C)c1ccccc1.CCCC(NC(=O)C1C[C@@H]2CN1C(=O)C(C1CCCCC1)NC(=O)CCc1ccc(cc1)S(=O)(=O)N2)C(O)C(=O)NCC(=O)N[C@H](C(=O)OC(C)(C)C)c1ccccc1. The molecular formula is C84H116N12O20S2. The second kappa shape index (κ2) is 41.8. The fraction of sp³-hybridized carbons (Fsp3) is 0.571. The van der Waals surface area contributed by atoms with Crippen molar-refractivity contribution in [1.82, 2.24) is 61.8 Å². The van der Waals surface area contributed by atoms with Crippen molar-refractivity contribution in [1.29, 1.82) is 0 Å². The lowest BCUT2D eigenvalue weighted by molar-refractivity contribution is -0.159. The van der Waals surface area contributed by atoms with Crippen LogP contribution in [-0.2, 0) is 99.9 Å². The van der Waals surface area contributed by atoms with Crippen LogP contribution >= 0.6 is 0 Å². The fourth-order valence-corrected chi connectivity index (χ4v) is 18.3. The minimum absolute atomic E-state index is 0.00214. The fourth-order valence-electron chi connectivity index (χ4n) is 15.8. The molecule has 118 heavy (non-hydrogen) atoms. The Labute approximate surface area is 690 Å². The van der Waals surface area contributed by atoms with Crippen LogP contribution in [0.5, 0.6) is 0 Å². The van der Waals surface area contributed by atoms with E-state index < -0.39 is 176 Å². The summed E-state index contributed by atoms with van der Waals surface area (Å²) in [4.78, 5) is 165. The minimum Gasteiger partial charge on any atom is -0.458 e. The number of sulfonamides is 2. The predicted octanol–water partition coefficient (Wildman–Crippen LogP) is 3.81. The quantitative estimate of drug-likeness (QED) is 0.0444. The van der Waals surface area contributed by atoms with Gasteiger partial charge in [0.05, 0.1) is 35.0 Å². The topological polar surface area (TPSA) is 459 Å². The molecule has 4 fully saturated rings. The highest BCUT2D eigenvalue weighted by molar-refractivity contribution is 7.89. The average Bonchev–Trinajstić information content (AvgIpc) is 1.64. The van der Waals surface area contributed by atoms with Crippen molar-refractivity contribution < 1.29 is 94.1 Å². The summed E-state index contributed by atoms with van der Waals surface area (Å²) in [5.41, 5.74) is 0.787. The lowest BCUT2D eigenvalue weighted by atomic mass is 9.83. The summed E-state index contributed by atoms with van der Waals surface area (Å²) in [7, 11) is -8.14. The van der Waals surface area contributed by atoms with E-state index in [1.807, 2.05) is 0 Å². The number of nitrogens with zero attached hydrogens (tertiary/aromatic N) is 2. The van der Waals surface area contributed by atoms with E-state index in [1.165, 1.54) is 34.1 Å². The molecule has 4 aromatic carbocycles. The van der Waals surface area contributed by atoms with Gasteiger partial charge in [-0.2, -0.15) is 0 Å². The number of nitrogens with one attached hydrogen (secondary N) is 10. The highest BCUT2D eigenvalue weighted by Gasteiger charge is 2.49. The van der Waals surface area contributed by atoms with Gasteiger partial charge in [-0.25, -0.2) is 35.9 Å². The number of aliphatic hydroxyl groups is 2. The van der Waals surface area contributed by atoms with Crippen LogP contribution in [-0.4, -0.2) is 206 Å². The van der Waals surface area contributed by atoms with E-state index in [0.29, 0.717) is 62.5 Å². The largest absolute Gasteiger partial charge is 0.458 e. The number of aliphatic hydroxyl groups excluding tert-OH is 2. The zero-order valence-corrected chi connectivity index (χ0v) is 70.0. The molecule has 12 N–H and O–H groups in total. The highest BCUT2D eigenvalue weighted by atomic mass is 32.2. The van der Waals surface area contributed by atoms with E-state index in [1.54, 1.807) is 140 Å². The number of aryl methyl sites for hydroxylation is 2. The Morgan fingerprint density at radius 3 is 1.14 bits per heavy atom. The second-order valence-electron chi connectivity index (χ2n) is 33.3. The van der Waals surface area contributed by atoms with Gasteiger partial charge in [0.2, 0.25) is 67.3 Å². The maximum atomic E-state index is 14.5. The van der Waals surface area contributed by atoms with Crippen LogP contribution in [0, 0.1) is 11.8 Å². The summed E-state index contributed by atoms with van der Waals surface area (Å²) in [6.07, 6.45) is 6.36. The summed E-state index contributed by atoms with van der Waals surface area (Å²) in [6.45, 7) is 12.2. The van der Waals surface area contributed by atoms with E-state index in [0.717, 1.165) is 49.7 Å². The number of amides is 10. The Morgan fingerprint density at radius 1 is 0.475 bits per heavy atom.